The van der Waals surface area contributed by atoms with E-state index in [4.69, 9.17) is 15.2 Å². The van der Waals surface area contributed by atoms with Crippen molar-refractivity contribution >= 4 is 23.8 Å². The second-order valence-electron chi connectivity index (χ2n) is 14.1. The normalized spacial score (nSPS) is 14.6. The molecule has 0 radical (unpaired) electrons. The summed E-state index contributed by atoms with van der Waals surface area (Å²) >= 11 is 0. The lowest BCUT2D eigenvalue weighted by molar-refractivity contribution is -0.137. The second-order valence-corrected chi connectivity index (χ2v) is 14.1. The lowest BCUT2D eigenvalue weighted by Crippen LogP contribution is -2.56. The number of aliphatic hydroxyl groups excluding tert-OH is 1. The third kappa shape index (κ3) is 11.8. The van der Waals surface area contributed by atoms with Crippen molar-refractivity contribution < 1.29 is 33.8 Å². The molecule has 6 atom stereocenters. The molecule has 1 unspecified atom stereocenters. The number of ketones is 2. The maximum Gasteiger partial charge on any atom is 0.408 e. The first-order valence-electron chi connectivity index (χ1n) is 18.1. The Bertz CT molecular complexity index is 1790. The quantitative estimate of drug-likeness (QED) is 0.0994. The number of aliphatic hydroxyl groups is 1. The predicted molar refractivity (Wildman–Crippen MR) is 204 cm³/mol. The zero-order chi connectivity index (χ0) is 39.2. The van der Waals surface area contributed by atoms with Crippen molar-refractivity contribution in [3.63, 3.8) is 0 Å². The molecule has 12 heteroatoms. The Labute approximate surface area is 316 Å². The van der Waals surface area contributed by atoms with Crippen LogP contribution < -0.4 is 16.4 Å². The highest BCUT2D eigenvalue weighted by molar-refractivity contribution is 5.93. The lowest BCUT2D eigenvalue weighted by Gasteiger charge is -2.37. The van der Waals surface area contributed by atoms with Crippen LogP contribution in [0.2, 0.25) is 0 Å². The SMILES string of the molecule is Cc1ccc(C[C@H](C(=O)[C@@H](NC(=O)OCc2ccccn2)C(C)C)[C@@H](O)[C@@H](C(=O)[C@@H](NC(=O)OCc2ccccn2)C(C)C)C(N)c2ccccc2)cc1. The molecule has 2 amide bonds. The number of Topliss-reactive ketones (excluding diaryl/α,β-unsaturated/α-hetero) is 2. The monoisotopic (exact) mass is 737 g/mol. The van der Waals surface area contributed by atoms with E-state index in [0.29, 0.717) is 17.0 Å². The smallest absolute Gasteiger partial charge is 0.408 e. The molecule has 4 aromatic rings. The summed E-state index contributed by atoms with van der Waals surface area (Å²) in [6.45, 7) is 8.74. The molecular formula is C42H51N5O7. The standard InChI is InChI=1S/C42H51N5O7/c1-26(2)36(46-41(51)53-24-31-15-9-11-21-44-31)39(49)33(23-29-19-17-28(5)18-20-29)38(48)34(35(43)30-13-7-6-8-14-30)40(50)37(27(3)4)47-42(52)54-25-32-16-10-12-22-45-32/h6-22,26-27,33-38,48H,23-25,43H2,1-5H3,(H,46,51)(H,47,52)/t33-,34-,35?,36-,37-,38+/m0/s1. The van der Waals surface area contributed by atoms with Crippen LogP contribution >= 0.6 is 0 Å². The van der Waals surface area contributed by atoms with Crippen molar-refractivity contribution in [3.8, 4) is 0 Å². The Hall–Kier alpha value is -5.46. The fraction of sp³-hybridized carbons (Fsp3) is 0.381. The van der Waals surface area contributed by atoms with Gasteiger partial charge in [0, 0.05) is 18.4 Å². The van der Waals surface area contributed by atoms with Crippen LogP contribution in [0, 0.1) is 30.6 Å². The molecule has 2 heterocycles. The summed E-state index contributed by atoms with van der Waals surface area (Å²) in [6, 6.07) is 23.4. The van der Waals surface area contributed by atoms with Gasteiger partial charge >= 0.3 is 12.2 Å². The third-order valence-corrected chi connectivity index (χ3v) is 9.27. The summed E-state index contributed by atoms with van der Waals surface area (Å²) < 4.78 is 10.8. The van der Waals surface area contributed by atoms with Gasteiger partial charge in [-0.25, -0.2) is 9.59 Å². The molecule has 0 spiro atoms. The van der Waals surface area contributed by atoms with Gasteiger partial charge in [-0.2, -0.15) is 0 Å². The van der Waals surface area contributed by atoms with E-state index in [2.05, 4.69) is 20.6 Å². The van der Waals surface area contributed by atoms with Crippen molar-refractivity contribution in [2.75, 3.05) is 0 Å². The minimum atomic E-state index is -1.65. The Morgan fingerprint density at radius 3 is 1.63 bits per heavy atom. The molecule has 0 saturated carbocycles. The molecule has 54 heavy (non-hydrogen) atoms. The topological polar surface area (TPSA) is 183 Å². The van der Waals surface area contributed by atoms with Crippen molar-refractivity contribution in [2.45, 2.75) is 78.5 Å². The van der Waals surface area contributed by atoms with Gasteiger partial charge in [0.1, 0.15) is 13.2 Å². The number of rotatable bonds is 18. The van der Waals surface area contributed by atoms with Crippen LogP contribution in [0.1, 0.15) is 61.8 Å². The summed E-state index contributed by atoms with van der Waals surface area (Å²) in [4.78, 5) is 63.9. The first kappa shape index (κ1) is 41.3. The summed E-state index contributed by atoms with van der Waals surface area (Å²) in [5.41, 5.74) is 10.2. The number of alkyl carbamates (subject to hydrolysis) is 2. The van der Waals surface area contributed by atoms with Crippen LogP contribution in [0.5, 0.6) is 0 Å². The number of carbonyl (C=O) groups is 4. The lowest BCUT2D eigenvalue weighted by atomic mass is 9.72. The van der Waals surface area contributed by atoms with Crippen LogP contribution in [0.3, 0.4) is 0 Å². The molecule has 0 fully saturated rings. The minimum Gasteiger partial charge on any atom is -0.443 e. The zero-order valence-corrected chi connectivity index (χ0v) is 31.4. The van der Waals surface area contributed by atoms with E-state index in [1.54, 1.807) is 107 Å². The first-order valence-corrected chi connectivity index (χ1v) is 18.1. The highest BCUT2D eigenvalue weighted by Crippen LogP contribution is 2.32. The highest BCUT2D eigenvalue weighted by Gasteiger charge is 2.46. The fourth-order valence-corrected chi connectivity index (χ4v) is 6.21. The van der Waals surface area contributed by atoms with Gasteiger partial charge in [-0.3, -0.25) is 19.6 Å². The fourth-order valence-electron chi connectivity index (χ4n) is 6.21. The van der Waals surface area contributed by atoms with Crippen LogP contribution in [0.15, 0.2) is 103 Å². The van der Waals surface area contributed by atoms with E-state index in [1.165, 1.54) is 0 Å². The van der Waals surface area contributed by atoms with E-state index < -0.39 is 71.7 Å². The summed E-state index contributed by atoms with van der Waals surface area (Å²) in [5.74, 6) is -4.56. The Morgan fingerprint density at radius 2 is 1.17 bits per heavy atom. The first-order chi connectivity index (χ1) is 25.8. The van der Waals surface area contributed by atoms with E-state index in [-0.39, 0.29) is 19.6 Å². The van der Waals surface area contributed by atoms with E-state index >= 15 is 0 Å². The maximum absolute atomic E-state index is 14.7. The molecule has 0 bridgehead atoms. The number of nitrogens with two attached hydrogens (primary N) is 1. The van der Waals surface area contributed by atoms with Gasteiger partial charge in [0.25, 0.3) is 0 Å². The highest BCUT2D eigenvalue weighted by atomic mass is 16.6. The minimum absolute atomic E-state index is 0.0331. The molecule has 5 N–H and O–H groups in total. The number of nitrogens with one attached hydrogen (secondary N) is 2. The van der Waals surface area contributed by atoms with Crippen molar-refractivity contribution in [3.05, 3.63) is 131 Å². The second kappa shape index (κ2) is 20.1. The molecule has 2 aromatic carbocycles. The molecule has 12 nitrogen and oxygen atoms in total. The molecule has 0 aliphatic carbocycles. The van der Waals surface area contributed by atoms with E-state index in [0.717, 1.165) is 11.1 Å². The zero-order valence-electron chi connectivity index (χ0n) is 31.4. The van der Waals surface area contributed by atoms with E-state index in [1.807, 2.05) is 31.2 Å². The third-order valence-electron chi connectivity index (χ3n) is 9.27. The van der Waals surface area contributed by atoms with E-state index in [9.17, 15) is 24.3 Å². The molecule has 4 rings (SSSR count). The Morgan fingerprint density at radius 1 is 0.685 bits per heavy atom. The number of ether oxygens (including phenoxy) is 2. The number of nitrogens with zero attached hydrogens (tertiary/aromatic N) is 2. The number of amides is 2. The molecule has 286 valence electrons. The average molecular weight is 738 g/mol. The van der Waals surface area contributed by atoms with Gasteiger partial charge in [0.2, 0.25) is 0 Å². The Kier molecular flexibility index (Phi) is 15.4. The summed E-state index contributed by atoms with van der Waals surface area (Å²) in [6.07, 6.45) is -0.149. The maximum atomic E-state index is 14.7. The number of aromatic nitrogens is 2. The van der Waals surface area contributed by atoms with Gasteiger partial charge in [-0.05, 0) is 60.6 Å². The van der Waals surface area contributed by atoms with Crippen molar-refractivity contribution in [1.29, 1.82) is 0 Å². The largest absolute Gasteiger partial charge is 0.443 e. The van der Waals surface area contributed by atoms with Crippen LogP contribution in [0.4, 0.5) is 9.59 Å². The van der Waals surface area contributed by atoms with Gasteiger partial charge in [0.05, 0.1) is 41.4 Å². The molecular weight excluding hydrogens is 686 g/mol. The van der Waals surface area contributed by atoms with Gasteiger partial charge < -0.3 is 30.9 Å². The molecule has 0 aliphatic heterocycles. The molecule has 2 aromatic heterocycles. The number of benzene rings is 2. The molecule has 0 saturated heterocycles. The number of aryl methyl sites for hydroxylation is 1. The predicted octanol–water partition coefficient (Wildman–Crippen LogP) is 5.66. The summed E-state index contributed by atoms with van der Waals surface area (Å²) in [7, 11) is 0. The summed E-state index contributed by atoms with van der Waals surface area (Å²) in [5, 5.41) is 17.8. The van der Waals surface area contributed by atoms with Crippen LogP contribution in [0.25, 0.3) is 0 Å². The van der Waals surface area contributed by atoms with Gasteiger partial charge in [0.15, 0.2) is 11.6 Å². The van der Waals surface area contributed by atoms with Gasteiger partial charge in [-0.1, -0.05) is 100.0 Å². The van der Waals surface area contributed by atoms with Crippen molar-refractivity contribution in [2.24, 2.45) is 29.4 Å². The number of pyridine rings is 2. The number of hydrogen-bond acceptors (Lipinski definition) is 10. The van der Waals surface area contributed by atoms with Gasteiger partial charge in [-0.15, -0.1) is 0 Å². The molecule has 0 aliphatic rings. The number of carbonyl (C=O) groups excluding carboxylic acids is 4. The Balaban J connectivity index is 1.68. The van der Waals surface area contributed by atoms with Crippen molar-refractivity contribution in [1.82, 2.24) is 20.6 Å². The van der Waals surface area contributed by atoms with Crippen LogP contribution in [-0.4, -0.2) is 57.0 Å². The average Bonchev–Trinajstić information content (AvgIpc) is 3.17. The number of hydrogen-bond donors (Lipinski definition) is 4. The van der Waals surface area contributed by atoms with Crippen LogP contribution in [-0.2, 0) is 38.7 Å².